The van der Waals surface area contributed by atoms with Gasteiger partial charge in [-0.25, -0.2) is 19.4 Å². The van der Waals surface area contributed by atoms with Crippen LogP contribution in [0.2, 0.25) is 0 Å². The molecule has 0 aliphatic carbocycles. The maximum absolute atomic E-state index is 11.8. The van der Waals surface area contributed by atoms with E-state index in [1.165, 1.54) is 18.2 Å². The number of carboxylic acid groups (broad SMARTS) is 1. The fraction of sp³-hybridized carbons (Fsp3) is 0.262. The summed E-state index contributed by atoms with van der Waals surface area (Å²) in [7, 11) is 0. The number of anilines is 1. The van der Waals surface area contributed by atoms with Gasteiger partial charge >= 0.3 is 17.9 Å². The Morgan fingerprint density at radius 2 is 1.39 bits per heavy atom. The molecule has 2 heterocycles. The number of hydrogen-bond donors (Lipinski definition) is 3. The van der Waals surface area contributed by atoms with Crippen LogP contribution in [0.4, 0.5) is 17.1 Å². The monoisotopic (exact) mass is 1090 g/mol. The zero-order valence-corrected chi connectivity index (χ0v) is 39.0. The maximum atomic E-state index is 11.8. The quantitative estimate of drug-likeness (QED) is 0.0451. The Labute approximate surface area is 394 Å². The van der Waals surface area contributed by atoms with E-state index in [4.69, 9.17) is 35.1 Å². The molecule has 332 valence electrons. The number of benzene rings is 3. The minimum absolute atomic E-state index is 0. The van der Waals surface area contributed by atoms with Crippen LogP contribution < -0.4 is 11.1 Å². The van der Waals surface area contributed by atoms with Gasteiger partial charge in [-0.3, -0.25) is 19.7 Å². The Balaban J connectivity index is 0.000000849. The topological polar surface area (TPSA) is 251 Å². The molecule has 0 bridgehead atoms. The van der Waals surface area contributed by atoms with Gasteiger partial charge in [-0.15, -0.1) is 0 Å². The van der Waals surface area contributed by atoms with Crippen molar-refractivity contribution in [2.75, 3.05) is 25.1 Å². The number of rotatable bonds is 9. The smallest absolute Gasteiger partial charge is 0.335 e. The van der Waals surface area contributed by atoms with E-state index in [0.29, 0.717) is 46.8 Å². The predicted molar refractivity (Wildman–Crippen MR) is 242 cm³/mol. The summed E-state index contributed by atoms with van der Waals surface area (Å²) in [6.07, 6.45) is 4.95. The van der Waals surface area contributed by atoms with Crippen molar-refractivity contribution in [1.82, 2.24) is 0 Å². The molecule has 0 unspecified atom stereocenters. The number of nitriles is 1. The number of esters is 3. The van der Waals surface area contributed by atoms with Crippen LogP contribution in [0.1, 0.15) is 71.1 Å². The molecular weight excluding hydrogens is 1050 g/mol. The predicted octanol–water partition coefficient (Wildman–Crippen LogP) is 9.47. The Morgan fingerprint density at radius 3 is 1.94 bits per heavy atom. The number of ether oxygens (including phenoxy) is 3. The molecule has 0 spiro atoms. The van der Waals surface area contributed by atoms with Gasteiger partial charge in [0.05, 0.1) is 60.5 Å². The van der Waals surface area contributed by atoms with Crippen molar-refractivity contribution < 1.29 is 65.3 Å². The van der Waals surface area contributed by atoms with Gasteiger partial charge in [-0.05, 0) is 81.0 Å². The van der Waals surface area contributed by atoms with E-state index < -0.39 is 22.8 Å². The van der Waals surface area contributed by atoms with E-state index in [2.05, 4.69) is 58.1 Å². The molecule has 4 N–H and O–H groups in total. The first-order chi connectivity index (χ1) is 28.4. The van der Waals surface area contributed by atoms with Gasteiger partial charge in [0.25, 0.3) is 11.7 Å². The van der Waals surface area contributed by atoms with Crippen molar-refractivity contribution >= 4 is 119 Å². The number of nitrogens with zero attached hydrogens (tertiary/aromatic N) is 3. The molecular formula is C42H44Br3FeN5O11. The fourth-order valence-corrected chi connectivity index (χ4v) is 5.98. The van der Waals surface area contributed by atoms with Crippen molar-refractivity contribution in [1.29, 1.82) is 5.26 Å². The number of carbonyl (C=O) groups excluding carboxylic acids is 4. The molecule has 3 aromatic rings. The van der Waals surface area contributed by atoms with Gasteiger partial charge in [0.15, 0.2) is 0 Å². The second-order valence-electron chi connectivity index (χ2n) is 11.9. The first kappa shape index (κ1) is 56.5. The molecule has 62 heavy (non-hydrogen) atoms. The number of aliphatic carboxylic acids is 1. The number of nitro benzene ring substituents is 1. The summed E-state index contributed by atoms with van der Waals surface area (Å²) < 4.78 is 17.1. The van der Waals surface area contributed by atoms with Crippen LogP contribution in [-0.4, -0.2) is 65.5 Å². The van der Waals surface area contributed by atoms with E-state index in [0.717, 1.165) is 32.7 Å². The average molecular weight is 1090 g/mol. The standard InChI is InChI=1S/C13H11BrN2O4.C13H13BrN2O2.C13H12BrNO3.C2H4O2.CH4.Fe/c1-2-20-13(17)10(5-6-15)7-9-3-4-11(14)8-12(9)16(18)19;1-2-18-13(17)9-5-8-3-4-10(14)7-11(8)16-12(15)6-9;1-2-18-13(17)9-5-8-3-4-10(14)7-11(8)15-12(16)6-9;1-2(3)4;;/h3-4,7-8H,2,5H2,1H3;3-5,7H,2,6H2,1H3,(H2,15,16);3-5,7H,2,6H2,1H3,(H,15,16);1H3,(H,3,4);1H4;/b10-7+;;;;;. The number of amidine groups is 1. The summed E-state index contributed by atoms with van der Waals surface area (Å²) in [5, 5.41) is 29.9. The SMILES string of the molecule is C.CC(=O)O.CCOC(=O)/C(=C/c1ccc(Br)cc1[N+](=O)[O-])CC#N.CCOC(=O)C1=Cc2ccc(Br)cc2N=C(N)C1.CCOC(=O)C1=Cc2ccc(Br)cc2NC(=O)C1.[Fe]. The number of halogens is 3. The number of amides is 1. The number of hydrogen-bond acceptors (Lipinski definition) is 13. The molecule has 2 aliphatic heterocycles. The molecule has 20 heteroatoms. The minimum Gasteiger partial charge on any atom is -0.481 e. The van der Waals surface area contributed by atoms with Gasteiger partial charge in [-0.2, -0.15) is 5.26 Å². The Kier molecular flexibility index (Phi) is 26.4. The van der Waals surface area contributed by atoms with Gasteiger partial charge in [0, 0.05) is 72.3 Å². The van der Waals surface area contributed by atoms with Gasteiger partial charge in [-0.1, -0.05) is 67.3 Å². The van der Waals surface area contributed by atoms with Crippen LogP contribution in [0, 0.1) is 21.4 Å². The summed E-state index contributed by atoms with van der Waals surface area (Å²) in [6, 6.07) is 17.4. The van der Waals surface area contributed by atoms with Crippen molar-refractivity contribution in [2.24, 2.45) is 10.7 Å². The number of fused-ring (bicyclic) bond motifs is 2. The van der Waals surface area contributed by atoms with Gasteiger partial charge in [0.1, 0.15) is 5.84 Å². The number of carbonyl (C=O) groups is 5. The molecule has 0 saturated heterocycles. The van der Waals surface area contributed by atoms with E-state index in [1.807, 2.05) is 36.4 Å². The Morgan fingerprint density at radius 1 is 0.887 bits per heavy atom. The molecule has 0 aromatic heterocycles. The number of nitrogens with two attached hydrogens (primary N) is 1. The summed E-state index contributed by atoms with van der Waals surface area (Å²) in [5.74, 6) is -2.07. The normalized spacial score (nSPS) is 12.1. The maximum Gasteiger partial charge on any atom is 0.335 e. The number of carboxylic acids is 1. The first-order valence-corrected chi connectivity index (χ1v) is 20.2. The Bertz CT molecular complexity index is 2270. The summed E-state index contributed by atoms with van der Waals surface area (Å²) in [4.78, 5) is 70.6. The van der Waals surface area contributed by atoms with E-state index in [9.17, 15) is 29.3 Å². The second-order valence-corrected chi connectivity index (χ2v) is 14.7. The first-order valence-electron chi connectivity index (χ1n) is 17.8. The minimum atomic E-state index is -0.833. The van der Waals surface area contributed by atoms with E-state index in [-0.39, 0.29) is 72.6 Å². The third kappa shape index (κ3) is 19.5. The average Bonchev–Trinajstić information content (AvgIpc) is 3.45. The van der Waals surface area contributed by atoms with Crippen LogP contribution in [-0.2, 0) is 55.3 Å². The number of aliphatic imine (C=N–C) groups is 1. The van der Waals surface area contributed by atoms with E-state index >= 15 is 0 Å². The molecule has 0 fully saturated rings. The fourth-order valence-electron chi connectivity index (χ4n) is 4.92. The van der Waals surface area contributed by atoms with Gasteiger partial charge in [0.2, 0.25) is 5.91 Å². The van der Waals surface area contributed by atoms with E-state index in [1.54, 1.807) is 45.1 Å². The molecule has 5 rings (SSSR count). The largest absolute Gasteiger partial charge is 0.481 e. The van der Waals surface area contributed by atoms with Crippen molar-refractivity contribution in [3.8, 4) is 6.07 Å². The second kappa shape index (κ2) is 29.0. The Hall–Kier alpha value is -5.45. The van der Waals surface area contributed by atoms with Crippen molar-refractivity contribution in [2.45, 2.75) is 54.4 Å². The van der Waals surface area contributed by atoms with Crippen LogP contribution in [0.15, 0.2) is 89.7 Å². The molecule has 0 atom stereocenters. The zero-order valence-electron chi connectivity index (χ0n) is 33.1. The third-order valence-corrected chi connectivity index (χ3v) is 8.81. The van der Waals surface area contributed by atoms with Crippen molar-refractivity contribution in [3.05, 3.63) is 112 Å². The summed E-state index contributed by atoms with van der Waals surface area (Å²) in [5.41, 5.74) is 9.98. The number of nitrogens with one attached hydrogen (secondary N) is 1. The molecule has 2 aliphatic rings. The third-order valence-electron chi connectivity index (χ3n) is 7.33. The van der Waals surface area contributed by atoms with Crippen LogP contribution in [0.25, 0.3) is 18.2 Å². The zero-order chi connectivity index (χ0) is 44.9. The van der Waals surface area contributed by atoms with Crippen LogP contribution in [0.3, 0.4) is 0 Å². The molecule has 16 nitrogen and oxygen atoms in total. The van der Waals surface area contributed by atoms with Gasteiger partial charge < -0.3 is 30.4 Å². The molecule has 0 saturated carbocycles. The number of nitro groups is 1. The van der Waals surface area contributed by atoms with Crippen LogP contribution >= 0.6 is 47.8 Å². The van der Waals surface area contributed by atoms with Crippen molar-refractivity contribution in [3.63, 3.8) is 0 Å². The molecule has 3 aromatic carbocycles. The summed E-state index contributed by atoms with van der Waals surface area (Å²) >= 11 is 9.87. The molecule has 1 amide bonds. The summed E-state index contributed by atoms with van der Waals surface area (Å²) in [6.45, 7) is 7.05. The van der Waals surface area contributed by atoms with Crippen LogP contribution in [0.5, 0.6) is 0 Å². The molecule has 0 radical (unpaired) electrons.